The smallest absolute Gasteiger partial charge is 0.250 e. The molecule has 1 saturated carbocycles. The molecule has 0 unspecified atom stereocenters. The van der Waals surface area contributed by atoms with Crippen LogP contribution in [-0.4, -0.2) is 18.4 Å². The van der Waals surface area contributed by atoms with Crippen LogP contribution in [0.5, 0.6) is 0 Å². The Hall–Kier alpha value is -1.52. The summed E-state index contributed by atoms with van der Waals surface area (Å²) in [6.45, 7) is 1.87. The molecule has 0 spiro atoms. The lowest BCUT2D eigenvalue weighted by atomic mass is 10.2. The molecular weight excluding hydrogens is 363 g/mol. The molecule has 1 aliphatic carbocycles. The number of pyridine rings is 1. The van der Waals surface area contributed by atoms with Crippen molar-refractivity contribution in [3.8, 4) is 0 Å². The zero-order valence-corrected chi connectivity index (χ0v) is 14.2. The van der Waals surface area contributed by atoms with E-state index in [2.05, 4.69) is 14.7 Å². The maximum absolute atomic E-state index is 12.5. The van der Waals surface area contributed by atoms with Gasteiger partial charge in [0.05, 0.1) is 6.04 Å². The van der Waals surface area contributed by atoms with Gasteiger partial charge in [-0.1, -0.05) is 0 Å². The number of rotatable bonds is 5. The number of thiazole rings is 1. The number of nitrogens with one attached hydrogen (secondary N) is 1. The van der Waals surface area contributed by atoms with E-state index >= 15 is 0 Å². The summed E-state index contributed by atoms with van der Waals surface area (Å²) in [5.74, 6) is 0.160. The van der Waals surface area contributed by atoms with Gasteiger partial charge in [0.1, 0.15) is 15.6 Å². The molecule has 1 aliphatic rings. The second kappa shape index (κ2) is 6.08. The van der Waals surface area contributed by atoms with Crippen molar-refractivity contribution in [2.75, 3.05) is 0 Å². The number of aryl methyl sites for hydroxylation is 1. The Balaban J connectivity index is 1.84. The molecule has 3 rings (SSSR count). The highest BCUT2D eigenvalue weighted by Gasteiger charge is 2.38. The summed E-state index contributed by atoms with van der Waals surface area (Å²) in [5, 5.41) is 0.665. The van der Waals surface area contributed by atoms with Crippen LogP contribution in [0.3, 0.4) is 0 Å². The van der Waals surface area contributed by atoms with Gasteiger partial charge in [0.2, 0.25) is 10.0 Å². The fourth-order valence-electron chi connectivity index (χ4n) is 2.24. The molecule has 24 heavy (non-hydrogen) atoms. The van der Waals surface area contributed by atoms with E-state index < -0.39 is 27.9 Å². The normalized spacial score (nSPS) is 17.0. The van der Waals surface area contributed by atoms with Crippen molar-refractivity contribution >= 4 is 21.4 Å². The third-order valence-electron chi connectivity index (χ3n) is 3.62. The summed E-state index contributed by atoms with van der Waals surface area (Å²) >= 11 is 1.40. The van der Waals surface area contributed by atoms with Gasteiger partial charge in [0.15, 0.2) is 0 Å². The number of aromatic nitrogens is 2. The van der Waals surface area contributed by atoms with Gasteiger partial charge in [0.25, 0.3) is 0 Å². The van der Waals surface area contributed by atoms with Gasteiger partial charge in [-0.3, -0.25) is 4.98 Å². The zero-order valence-electron chi connectivity index (χ0n) is 12.5. The lowest BCUT2D eigenvalue weighted by molar-refractivity contribution is -0.141. The van der Waals surface area contributed by atoms with Crippen molar-refractivity contribution in [1.82, 2.24) is 14.7 Å². The summed E-state index contributed by atoms with van der Waals surface area (Å²) in [6, 6.07) is 1.11. The first-order chi connectivity index (χ1) is 11.2. The Morgan fingerprint density at radius 3 is 2.42 bits per heavy atom. The van der Waals surface area contributed by atoms with Crippen LogP contribution in [0.2, 0.25) is 0 Å². The lowest BCUT2D eigenvalue weighted by Crippen LogP contribution is -2.30. The van der Waals surface area contributed by atoms with E-state index in [1.807, 2.05) is 6.92 Å². The van der Waals surface area contributed by atoms with E-state index in [4.69, 9.17) is 0 Å². The highest BCUT2D eigenvalue weighted by atomic mass is 32.2. The van der Waals surface area contributed by atoms with E-state index in [0.717, 1.165) is 30.0 Å². The molecule has 10 heteroatoms. The molecule has 1 N–H and O–H groups in total. The number of halogens is 3. The van der Waals surface area contributed by atoms with Crippen LogP contribution < -0.4 is 4.72 Å². The van der Waals surface area contributed by atoms with Crippen molar-refractivity contribution in [3.05, 3.63) is 40.1 Å². The Morgan fingerprint density at radius 1 is 1.25 bits per heavy atom. The Morgan fingerprint density at radius 2 is 1.96 bits per heavy atom. The second-order valence-electron chi connectivity index (χ2n) is 5.62. The molecule has 0 amide bonds. The van der Waals surface area contributed by atoms with Gasteiger partial charge in [-0.25, -0.2) is 18.1 Å². The molecule has 130 valence electrons. The summed E-state index contributed by atoms with van der Waals surface area (Å²) in [7, 11) is -3.98. The van der Waals surface area contributed by atoms with E-state index in [1.165, 1.54) is 11.3 Å². The van der Waals surface area contributed by atoms with Gasteiger partial charge >= 0.3 is 6.18 Å². The predicted octanol–water partition coefficient (Wildman–Crippen LogP) is 3.29. The minimum atomic E-state index is -4.61. The van der Waals surface area contributed by atoms with E-state index in [-0.39, 0.29) is 10.8 Å². The molecule has 0 saturated heterocycles. The van der Waals surface area contributed by atoms with Gasteiger partial charge in [-0.15, -0.1) is 11.3 Å². The summed E-state index contributed by atoms with van der Waals surface area (Å²) in [6.07, 6.45) is -0.440. The van der Waals surface area contributed by atoms with E-state index in [0.29, 0.717) is 11.1 Å². The summed E-state index contributed by atoms with van der Waals surface area (Å²) in [4.78, 5) is 8.10. The number of nitrogens with zero attached hydrogens (tertiary/aromatic N) is 2. The molecule has 1 atom stereocenters. The molecule has 5 nitrogen and oxygen atoms in total. The standard InChI is InChI=1S/C14H14F3N3O2S2/c1-8-6-19-13(23-8)12(9-2-3-9)20-24(21,22)10-4-5-11(18-7-10)14(15,16)17/h4-7,9,12,20H,2-3H2,1H3/t12-/m1/s1. The molecule has 0 aliphatic heterocycles. The third-order valence-corrected chi connectivity index (χ3v) is 6.04. The maximum Gasteiger partial charge on any atom is 0.433 e. The monoisotopic (exact) mass is 377 g/mol. The van der Waals surface area contributed by atoms with Crippen LogP contribution in [0.1, 0.15) is 34.5 Å². The van der Waals surface area contributed by atoms with Crippen molar-refractivity contribution in [2.24, 2.45) is 5.92 Å². The molecule has 2 heterocycles. The summed E-state index contributed by atoms with van der Waals surface area (Å²) in [5.41, 5.74) is -1.13. The number of hydrogen-bond acceptors (Lipinski definition) is 5. The van der Waals surface area contributed by atoms with Crippen molar-refractivity contribution < 1.29 is 21.6 Å². The lowest BCUT2D eigenvalue weighted by Gasteiger charge is -2.16. The number of alkyl halides is 3. The second-order valence-corrected chi connectivity index (χ2v) is 8.60. The minimum Gasteiger partial charge on any atom is -0.250 e. The molecule has 0 aromatic carbocycles. The summed E-state index contributed by atoms with van der Waals surface area (Å²) < 4.78 is 65.1. The molecule has 0 bridgehead atoms. The van der Waals surface area contributed by atoms with Gasteiger partial charge < -0.3 is 0 Å². The molecular formula is C14H14F3N3O2S2. The topological polar surface area (TPSA) is 72.0 Å². The number of hydrogen-bond donors (Lipinski definition) is 1. The maximum atomic E-state index is 12.5. The van der Waals surface area contributed by atoms with Crippen LogP contribution in [0, 0.1) is 12.8 Å². The van der Waals surface area contributed by atoms with Crippen LogP contribution in [0.4, 0.5) is 13.2 Å². The van der Waals surface area contributed by atoms with Crippen molar-refractivity contribution in [2.45, 2.75) is 36.9 Å². The Bertz CT molecular complexity index is 828. The van der Waals surface area contributed by atoms with Crippen LogP contribution in [0.15, 0.2) is 29.4 Å². The van der Waals surface area contributed by atoms with Crippen molar-refractivity contribution in [3.63, 3.8) is 0 Å². The molecule has 2 aromatic rings. The van der Waals surface area contributed by atoms with Gasteiger partial charge in [-0.05, 0) is 37.8 Å². The Kier molecular flexibility index (Phi) is 4.39. The SMILES string of the molecule is Cc1cnc([C@H](NS(=O)(=O)c2ccc(C(F)(F)F)nc2)C2CC2)s1. The first kappa shape index (κ1) is 17.3. The molecule has 0 radical (unpaired) electrons. The number of sulfonamides is 1. The van der Waals surface area contributed by atoms with Crippen LogP contribution >= 0.6 is 11.3 Å². The first-order valence-corrected chi connectivity index (χ1v) is 9.45. The van der Waals surface area contributed by atoms with Crippen molar-refractivity contribution in [1.29, 1.82) is 0 Å². The largest absolute Gasteiger partial charge is 0.433 e. The highest BCUT2D eigenvalue weighted by Crippen LogP contribution is 2.42. The first-order valence-electron chi connectivity index (χ1n) is 7.15. The Labute approximate surface area is 141 Å². The van der Waals surface area contributed by atoms with Crippen LogP contribution in [0.25, 0.3) is 0 Å². The average molecular weight is 377 g/mol. The predicted molar refractivity (Wildman–Crippen MR) is 81.9 cm³/mol. The fourth-order valence-corrected chi connectivity index (χ4v) is 4.44. The van der Waals surface area contributed by atoms with Crippen LogP contribution in [-0.2, 0) is 16.2 Å². The fraction of sp³-hybridized carbons (Fsp3) is 0.429. The highest BCUT2D eigenvalue weighted by molar-refractivity contribution is 7.89. The zero-order chi connectivity index (χ0) is 17.5. The molecule has 2 aromatic heterocycles. The van der Waals surface area contributed by atoms with E-state index in [1.54, 1.807) is 6.20 Å². The van der Waals surface area contributed by atoms with Gasteiger partial charge in [-0.2, -0.15) is 13.2 Å². The third kappa shape index (κ3) is 3.76. The quantitative estimate of drug-likeness (QED) is 0.868. The minimum absolute atomic E-state index is 0.160. The average Bonchev–Trinajstić information content (AvgIpc) is 3.26. The van der Waals surface area contributed by atoms with Gasteiger partial charge in [0, 0.05) is 17.3 Å². The molecule has 1 fully saturated rings. The van der Waals surface area contributed by atoms with E-state index in [9.17, 15) is 21.6 Å².